The third-order valence-corrected chi connectivity index (χ3v) is 3.26. The Balaban J connectivity index is 2.26. The Kier molecular flexibility index (Phi) is 3.19. The van der Waals surface area contributed by atoms with Crippen LogP contribution in [0.25, 0.3) is 0 Å². The minimum Gasteiger partial charge on any atom is -0.327 e. The highest BCUT2D eigenvalue weighted by Gasteiger charge is 2.21. The second-order valence-corrected chi connectivity index (χ2v) is 4.55. The molecule has 0 bridgehead atoms. The van der Waals surface area contributed by atoms with Gasteiger partial charge < -0.3 is 4.57 Å². The first kappa shape index (κ1) is 11.7. The van der Waals surface area contributed by atoms with Crippen molar-refractivity contribution < 1.29 is 9.59 Å². The molecule has 0 aliphatic carbocycles. The fraction of sp³-hybridized carbons (Fsp3) is 0.400. The summed E-state index contributed by atoms with van der Waals surface area (Å²) in [5, 5.41) is 6.97. The lowest BCUT2D eigenvalue weighted by molar-refractivity contribution is -0.130. The molecule has 1 aliphatic heterocycles. The summed E-state index contributed by atoms with van der Waals surface area (Å²) < 4.78 is 1.76. The van der Waals surface area contributed by atoms with E-state index in [1.807, 2.05) is 18.6 Å². The molecule has 0 spiro atoms. The predicted molar refractivity (Wildman–Crippen MR) is 63.3 cm³/mol. The molecule has 1 aromatic rings. The van der Waals surface area contributed by atoms with Gasteiger partial charge in [-0.1, -0.05) is 0 Å². The fourth-order valence-electron chi connectivity index (χ4n) is 1.41. The van der Waals surface area contributed by atoms with Gasteiger partial charge >= 0.3 is 0 Å². The summed E-state index contributed by atoms with van der Waals surface area (Å²) in [7, 11) is 3.36. The summed E-state index contributed by atoms with van der Waals surface area (Å²) in [6, 6.07) is 0. The number of carbonyl (C=O) groups is 2. The topological polar surface area (TPSA) is 67.0 Å². The van der Waals surface area contributed by atoms with Crippen molar-refractivity contribution in [1.29, 1.82) is 0 Å². The first-order valence-corrected chi connectivity index (χ1v) is 5.99. The van der Waals surface area contributed by atoms with Gasteiger partial charge in [0.05, 0.1) is 0 Å². The van der Waals surface area contributed by atoms with Crippen LogP contribution in [0.5, 0.6) is 0 Å². The number of nitrogens with zero attached hydrogens (tertiary/aromatic N) is 4. The van der Waals surface area contributed by atoms with E-state index in [0.717, 1.165) is 0 Å². The van der Waals surface area contributed by atoms with Crippen molar-refractivity contribution in [3.8, 4) is 0 Å². The zero-order valence-electron chi connectivity index (χ0n) is 9.58. The summed E-state index contributed by atoms with van der Waals surface area (Å²) in [4.78, 5) is 27.6. The van der Waals surface area contributed by atoms with Gasteiger partial charge in [0, 0.05) is 38.5 Å². The molecular weight excluding hydrogens is 240 g/mol. The van der Waals surface area contributed by atoms with Gasteiger partial charge in [0.25, 0.3) is 5.91 Å². The Morgan fingerprint density at radius 3 is 2.82 bits per heavy atom. The number of aryl methyl sites for hydroxylation is 1. The Morgan fingerprint density at radius 2 is 2.24 bits per heavy atom. The molecule has 7 heteroatoms. The number of rotatable bonds is 1. The number of amides is 2. The zero-order chi connectivity index (χ0) is 12.4. The van der Waals surface area contributed by atoms with Gasteiger partial charge in [-0.25, -0.2) is 5.01 Å². The minimum absolute atomic E-state index is 0.0803. The molecule has 0 aromatic carbocycles. The van der Waals surface area contributed by atoms with Crippen molar-refractivity contribution >= 4 is 28.9 Å². The first-order valence-electron chi connectivity index (χ1n) is 5.11. The summed E-state index contributed by atoms with van der Waals surface area (Å²) >= 11 is 1.38. The van der Waals surface area contributed by atoms with Gasteiger partial charge in [0.1, 0.15) is 5.71 Å². The van der Waals surface area contributed by atoms with Crippen LogP contribution in [0, 0.1) is 0 Å². The van der Waals surface area contributed by atoms with Crippen LogP contribution in [0.4, 0.5) is 0 Å². The van der Waals surface area contributed by atoms with Crippen LogP contribution in [0.15, 0.2) is 21.7 Å². The molecule has 2 rings (SSSR count). The predicted octanol–water partition coefficient (Wildman–Crippen LogP) is 0.122. The number of hydrazone groups is 1. The summed E-state index contributed by atoms with van der Waals surface area (Å²) in [5.41, 5.74) is 0.334. The van der Waals surface area contributed by atoms with Crippen LogP contribution in [0.3, 0.4) is 0 Å². The molecule has 0 saturated carbocycles. The number of aromatic nitrogens is 1. The number of carbonyl (C=O) groups excluding carboxylic acids is 2. The van der Waals surface area contributed by atoms with Crippen LogP contribution in [0.2, 0.25) is 0 Å². The van der Waals surface area contributed by atoms with Crippen LogP contribution in [-0.2, 0) is 16.6 Å². The highest BCUT2D eigenvalue weighted by molar-refractivity contribution is 7.07. The average molecular weight is 252 g/mol. The van der Waals surface area contributed by atoms with E-state index < -0.39 is 0 Å². The molecule has 2 amide bonds. The van der Waals surface area contributed by atoms with Crippen molar-refractivity contribution in [3.05, 3.63) is 16.4 Å². The van der Waals surface area contributed by atoms with E-state index in [1.54, 1.807) is 11.6 Å². The van der Waals surface area contributed by atoms with Crippen LogP contribution in [-0.4, -0.2) is 34.1 Å². The van der Waals surface area contributed by atoms with Crippen molar-refractivity contribution in [2.45, 2.75) is 12.8 Å². The molecule has 0 unspecified atom stereocenters. The second kappa shape index (κ2) is 4.62. The van der Waals surface area contributed by atoms with Crippen LogP contribution in [0.1, 0.15) is 12.8 Å². The van der Waals surface area contributed by atoms with Gasteiger partial charge in [0.15, 0.2) is 4.80 Å². The molecule has 6 nitrogen and oxygen atoms in total. The van der Waals surface area contributed by atoms with E-state index in [1.165, 1.54) is 16.3 Å². The van der Waals surface area contributed by atoms with E-state index in [0.29, 0.717) is 23.4 Å². The maximum atomic E-state index is 11.8. The van der Waals surface area contributed by atoms with Crippen molar-refractivity contribution in [2.75, 3.05) is 7.05 Å². The number of thiazole rings is 1. The molecule has 0 fully saturated rings. The van der Waals surface area contributed by atoms with Crippen molar-refractivity contribution in [3.63, 3.8) is 0 Å². The molecular formula is C10H12N4O2S. The smallest absolute Gasteiger partial charge is 0.295 e. The van der Waals surface area contributed by atoms with E-state index in [9.17, 15) is 9.59 Å². The molecule has 0 saturated heterocycles. The first-order chi connectivity index (χ1) is 8.08. The zero-order valence-corrected chi connectivity index (χ0v) is 10.4. The number of hydrogen-bond donors (Lipinski definition) is 0. The van der Waals surface area contributed by atoms with Crippen LogP contribution >= 0.6 is 11.3 Å². The van der Waals surface area contributed by atoms with E-state index in [-0.39, 0.29) is 11.8 Å². The fourth-order valence-corrected chi connectivity index (χ4v) is 2.14. The Labute approximate surface area is 102 Å². The second-order valence-electron chi connectivity index (χ2n) is 3.68. The van der Waals surface area contributed by atoms with Crippen molar-refractivity contribution in [1.82, 2.24) is 9.58 Å². The van der Waals surface area contributed by atoms with E-state index in [2.05, 4.69) is 10.1 Å². The Morgan fingerprint density at radius 1 is 1.47 bits per heavy atom. The van der Waals surface area contributed by atoms with Crippen molar-refractivity contribution in [2.24, 2.45) is 17.1 Å². The normalized spacial score (nSPS) is 17.3. The van der Waals surface area contributed by atoms with E-state index in [4.69, 9.17) is 0 Å². The lowest BCUT2D eigenvalue weighted by Gasteiger charge is -2.17. The maximum absolute atomic E-state index is 11.8. The maximum Gasteiger partial charge on any atom is 0.295 e. The Hall–Kier alpha value is -1.76. The van der Waals surface area contributed by atoms with Gasteiger partial charge in [0.2, 0.25) is 5.91 Å². The minimum atomic E-state index is -0.373. The molecule has 0 atom stereocenters. The third-order valence-electron chi connectivity index (χ3n) is 2.41. The Bertz CT molecular complexity index is 555. The highest BCUT2D eigenvalue weighted by atomic mass is 32.1. The molecule has 0 radical (unpaired) electrons. The monoisotopic (exact) mass is 252 g/mol. The molecule has 1 aromatic heterocycles. The van der Waals surface area contributed by atoms with Gasteiger partial charge in [-0.05, 0) is 0 Å². The summed E-state index contributed by atoms with van der Waals surface area (Å²) in [6.45, 7) is 0. The lowest BCUT2D eigenvalue weighted by atomic mass is 10.1. The van der Waals surface area contributed by atoms with Gasteiger partial charge in [-0.3, -0.25) is 9.59 Å². The van der Waals surface area contributed by atoms with Crippen LogP contribution < -0.4 is 4.80 Å². The van der Waals surface area contributed by atoms with E-state index >= 15 is 0 Å². The summed E-state index contributed by atoms with van der Waals surface area (Å²) in [6.07, 6.45) is 2.50. The molecule has 17 heavy (non-hydrogen) atoms. The lowest BCUT2D eigenvalue weighted by Crippen LogP contribution is -2.31. The molecule has 2 heterocycles. The molecule has 90 valence electrons. The molecule has 0 N–H and O–H groups in total. The SMILES string of the molecule is CN1N=C(C(=O)N=c2sccn2C)CCC1=O. The number of hydrogen-bond acceptors (Lipinski definition) is 4. The largest absolute Gasteiger partial charge is 0.327 e. The van der Waals surface area contributed by atoms with Gasteiger partial charge in [-0.2, -0.15) is 10.1 Å². The third kappa shape index (κ3) is 2.50. The highest BCUT2D eigenvalue weighted by Crippen LogP contribution is 2.07. The quantitative estimate of drug-likeness (QED) is 0.712. The van der Waals surface area contributed by atoms with Gasteiger partial charge in [-0.15, -0.1) is 11.3 Å². The average Bonchev–Trinajstić information content (AvgIpc) is 2.68. The summed E-state index contributed by atoms with van der Waals surface area (Å²) in [5.74, 6) is -0.453. The molecule has 1 aliphatic rings. The standard InChI is InChI=1S/C10H12N4O2S/c1-13-5-6-17-10(13)11-9(16)7-3-4-8(15)14(2)12-7/h5-6H,3-4H2,1-2H3.